The molecular formula is C10H10F6N2O. The molecule has 0 spiro atoms. The molecule has 0 aliphatic rings. The Morgan fingerprint density at radius 1 is 1.16 bits per heavy atom. The summed E-state index contributed by atoms with van der Waals surface area (Å²) in [7, 11) is 1.34. The minimum Gasteiger partial charge on any atom is -0.477 e. The van der Waals surface area contributed by atoms with E-state index >= 15 is 0 Å². The van der Waals surface area contributed by atoms with E-state index in [0.29, 0.717) is 6.07 Å². The highest BCUT2D eigenvalue weighted by Gasteiger charge is 2.32. The quantitative estimate of drug-likeness (QED) is 0.861. The largest absolute Gasteiger partial charge is 0.477 e. The molecule has 0 aliphatic heterocycles. The average molecular weight is 288 g/mol. The summed E-state index contributed by atoms with van der Waals surface area (Å²) < 4.78 is 77.7. The summed E-state index contributed by atoms with van der Waals surface area (Å²) in [6.07, 6.45) is -10.3. The van der Waals surface area contributed by atoms with Crippen LogP contribution in [-0.2, 0) is 6.18 Å². The predicted molar refractivity (Wildman–Crippen MR) is 55.0 cm³/mol. The predicted octanol–water partition coefficient (Wildman–Crippen LogP) is 3.47. The molecule has 3 nitrogen and oxygen atoms in total. The van der Waals surface area contributed by atoms with Crippen molar-refractivity contribution in [2.45, 2.75) is 18.8 Å². The molecule has 9 heteroatoms. The van der Waals surface area contributed by atoms with Gasteiger partial charge in [0.05, 0.1) is 18.6 Å². The molecule has 1 heterocycles. The fourth-order valence-electron chi connectivity index (χ4n) is 1.14. The molecule has 108 valence electrons. The summed E-state index contributed by atoms with van der Waals surface area (Å²) in [6, 6.07) is 1.29. The number of anilines is 1. The van der Waals surface area contributed by atoms with Crippen molar-refractivity contribution in [1.82, 2.24) is 4.98 Å². The maximum absolute atomic E-state index is 12.5. The highest BCUT2D eigenvalue weighted by Crippen LogP contribution is 2.32. The number of ether oxygens (including phenoxy) is 1. The summed E-state index contributed by atoms with van der Waals surface area (Å²) in [5.74, 6) is -0.653. The molecule has 1 N–H and O–H groups in total. The van der Waals surface area contributed by atoms with Gasteiger partial charge >= 0.3 is 12.4 Å². The van der Waals surface area contributed by atoms with Crippen LogP contribution in [0.15, 0.2) is 12.1 Å². The van der Waals surface area contributed by atoms with E-state index in [0.717, 1.165) is 6.07 Å². The number of hydrogen-bond acceptors (Lipinski definition) is 3. The van der Waals surface area contributed by atoms with Gasteiger partial charge in [0.1, 0.15) is 5.82 Å². The van der Waals surface area contributed by atoms with Crippen molar-refractivity contribution in [2.75, 3.05) is 19.0 Å². The molecule has 0 aliphatic carbocycles. The first-order valence-electron chi connectivity index (χ1n) is 5.08. The third-order valence-corrected chi connectivity index (χ3v) is 2.02. The number of nitrogens with one attached hydrogen (secondary N) is 1. The Kier molecular flexibility index (Phi) is 4.48. The van der Waals surface area contributed by atoms with Gasteiger partial charge in [0.15, 0.2) is 0 Å². The summed E-state index contributed by atoms with van der Waals surface area (Å²) >= 11 is 0. The first kappa shape index (κ1) is 15.4. The standard InChI is InChI=1S/C10H10F6N2O/c1-17-7-4-6(10(14,15)16)5-8(18-7)19-3-2-9(11,12)13/h4-5H,2-3H2,1H3,(H,17,18). The van der Waals surface area contributed by atoms with Crippen molar-refractivity contribution in [3.05, 3.63) is 17.7 Å². The maximum atomic E-state index is 12.5. The van der Waals surface area contributed by atoms with Crippen molar-refractivity contribution >= 4 is 5.82 Å². The highest BCUT2D eigenvalue weighted by molar-refractivity contribution is 5.42. The molecule has 0 radical (unpaired) electrons. The van der Waals surface area contributed by atoms with Gasteiger partial charge in [-0.15, -0.1) is 0 Å². The minimum atomic E-state index is -4.63. The van der Waals surface area contributed by atoms with Crippen molar-refractivity contribution in [3.63, 3.8) is 0 Å². The first-order valence-corrected chi connectivity index (χ1v) is 5.08. The van der Waals surface area contributed by atoms with Gasteiger partial charge in [-0.25, -0.2) is 0 Å². The lowest BCUT2D eigenvalue weighted by atomic mass is 10.2. The topological polar surface area (TPSA) is 34.1 Å². The Morgan fingerprint density at radius 2 is 1.79 bits per heavy atom. The molecular weight excluding hydrogens is 278 g/mol. The van der Waals surface area contributed by atoms with Crippen LogP contribution in [0.1, 0.15) is 12.0 Å². The zero-order chi connectivity index (χ0) is 14.7. The van der Waals surface area contributed by atoms with Gasteiger partial charge in [-0.1, -0.05) is 0 Å². The van der Waals surface area contributed by atoms with Crippen LogP contribution < -0.4 is 10.1 Å². The minimum absolute atomic E-state index is 0.142. The lowest BCUT2D eigenvalue weighted by Crippen LogP contribution is -2.14. The molecule has 1 aromatic rings. The molecule has 19 heavy (non-hydrogen) atoms. The van der Waals surface area contributed by atoms with Gasteiger partial charge in [0.25, 0.3) is 0 Å². The van der Waals surface area contributed by atoms with Crippen LogP contribution in [0, 0.1) is 0 Å². The van der Waals surface area contributed by atoms with Crippen molar-refractivity contribution in [3.8, 4) is 5.88 Å². The van der Waals surface area contributed by atoms with Gasteiger partial charge in [-0.05, 0) is 6.07 Å². The zero-order valence-electron chi connectivity index (χ0n) is 9.69. The second-order valence-corrected chi connectivity index (χ2v) is 3.54. The monoisotopic (exact) mass is 288 g/mol. The van der Waals surface area contributed by atoms with E-state index in [1.807, 2.05) is 0 Å². The number of alkyl halides is 6. The first-order chi connectivity index (χ1) is 8.62. The van der Waals surface area contributed by atoms with E-state index in [9.17, 15) is 26.3 Å². The molecule has 0 bridgehead atoms. The smallest absolute Gasteiger partial charge is 0.416 e. The number of aromatic nitrogens is 1. The van der Waals surface area contributed by atoms with Crippen LogP contribution in [0.3, 0.4) is 0 Å². The molecule has 0 unspecified atom stereocenters. The summed E-state index contributed by atoms with van der Waals surface area (Å²) in [6.45, 7) is -0.791. The average Bonchev–Trinajstić information content (AvgIpc) is 2.25. The van der Waals surface area contributed by atoms with E-state index in [4.69, 9.17) is 0 Å². The number of pyridine rings is 1. The van der Waals surface area contributed by atoms with Gasteiger partial charge in [-0.3, -0.25) is 0 Å². The van der Waals surface area contributed by atoms with Crippen LogP contribution in [0.5, 0.6) is 5.88 Å². The van der Waals surface area contributed by atoms with Gasteiger partial charge < -0.3 is 10.1 Å². The van der Waals surface area contributed by atoms with E-state index in [1.165, 1.54) is 7.05 Å². The van der Waals surface area contributed by atoms with E-state index in [1.54, 1.807) is 0 Å². The van der Waals surface area contributed by atoms with Crippen molar-refractivity contribution in [1.29, 1.82) is 0 Å². The SMILES string of the molecule is CNc1cc(C(F)(F)F)cc(OCCC(F)(F)F)n1. The van der Waals surface area contributed by atoms with Crippen LogP contribution in [-0.4, -0.2) is 24.8 Å². The Labute approximate surface area is 104 Å². The number of nitrogens with zero attached hydrogens (tertiary/aromatic N) is 1. The van der Waals surface area contributed by atoms with E-state index < -0.39 is 36.8 Å². The third-order valence-electron chi connectivity index (χ3n) is 2.02. The number of hydrogen-bond donors (Lipinski definition) is 1. The summed E-state index contributed by atoms with van der Waals surface area (Å²) in [4.78, 5) is 3.58. The third kappa shape index (κ3) is 5.23. The van der Waals surface area contributed by atoms with Gasteiger partial charge in [-0.2, -0.15) is 31.3 Å². The molecule has 1 rings (SSSR count). The fraction of sp³-hybridized carbons (Fsp3) is 0.500. The molecule has 0 amide bonds. The zero-order valence-corrected chi connectivity index (χ0v) is 9.69. The van der Waals surface area contributed by atoms with Crippen molar-refractivity contribution in [2.24, 2.45) is 0 Å². The molecule has 0 saturated carbocycles. The maximum Gasteiger partial charge on any atom is 0.416 e. The Balaban J connectivity index is 2.83. The van der Waals surface area contributed by atoms with E-state index in [2.05, 4.69) is 15.0 Å². The number of rotatable bonds is 4. The lowest BCUT2D eigenvalue weighted by molar-refractivity contribution is -0.141. The normalized spacial score (nSPS) is 12.4. The Bertz CT molecular complexity index is 429. The second-order valence-electron chi connectivity index (χ2n) is 3.54. The fourth-order valence-corrected chi connectivity index (χ4v) is 1.14. The lowest BCUT2D eigenvalue weighted by Gasteiger charge is -2.12. The van der Waals surface area contributed by atoms with Crippen molar-refractivity contribution < 1.29 is 31.1 Å². The van der Waals surface area contributed by atoms with Crippen LogP contribution in [0.2, 0.25) is 0 Å². The molecule has 1 aromatic heterocycles. The Morgan fingerprint density at radius 3 is 2.26 bits per heavy atom. The molecule has 0 atom stereocenters. The molecule has 0 saturated heterocycles. The van der Waals surface area contributed by atoms with Gasteiger partial charge in [0.2, 0.25) is 5.88 Å². The van der Waals surface area contributed by atoms with Crippen LogP contribution >= 0.6 is 0 Å². The van der Waals surface area contributed by atoms with E-state index in [-0.39, 0.29) is 5.82 Å². The summed E-state index contributed by atoms with van der Waals surface area (Å²) in [5.41, 5.74) is -1.05. The van der Waals surface area contributed by atoms with Crippen LogP contribution in [0.25, 0.3) is 0 Å². The summed E-state index contributed by atoms with van der Waals surface area (Å²) in [5, 5.41) is 2.37. The Hall–Kier alpha value is -1.67. The van der Waals surface area contributed by atoms with Crippen LogP contribution in [0.4, 0.5) is 32.2 Å². The second kappa shape index (κ2) is 5.54. The molecule has 0 fully saturated rings. The van der Waals surface area contributed by atoms with Gasteiger partial charge in [0, 0.05) is 13.1 Å². The highest BCUT2D eigenvalue weighted by atomic mass is 19.4. The molecule has 0 aromatic carbocycles. The number of halogens is 6.